The molecule has 1 aliphatic carbocycles. The molecular weight excluding hydrogens is 184 g/mol. The molecule has 1 nitrogen and oxygen atoms in total. The van der Waals surface area contributed by atoms with E-state index in [1.807, 2.05) is 6.07 Å². The highest BCUT2D eigenvalue weighted by molar-refractivity contribution is 5.13. The van der Waals surface area contributed by atoms with Crippen molar-refractivity contribution in [2.75, 3.05) is 0 Å². The maximum Gasteiger partial charge on any atom is 0.0720 e. The molecule has 0 aliphatic heterocycles. The summed E-state index contributed by atoms with van der Waals surface area (Å²) in [5.41, 5.74) is 1.28. The van der Waals surface area contributed by atoms with Crippen molar-refractivity contribution in [2.45, 2.75) is 46.3 Å². The Labute approximate surface area is 93.5 Å². The highest BCUT2D eigenvalue weighted by Gasteiger charge is 2.23. The first-order valence-corrected chi connectivity index (χ1v) is 5.52. The second-order valence-electron chi connectivity index (χ2n) is 4.24. The highest BCUT2D eigenvalue weighted by atomic mass is 16.5. The van der Waals surface area contributed by atoms with Crippen LogP contribution in [0.2, 0.25) is 0 Å². The van der Waals surface area contributed by atoms with Gasteiger partial charge in [-0.3, -0.25) is 0 Å². The van der Waals surface area contributed by atoms with Crippen LogP contribution >= 0.6 is 0 Å². The summed E-state index contributed by atoms with van der Waals surface area (Å²) in [7, 11) is 0. The fourth-order valence-electron chi connectivity index (χ4n) is 2.14. The van der Waals surface area contributed by atoms with Gasteiger partial charge in [0.1, 0.15) is 0 Å². The summed E-state index contributed by atoms with van der Waals surface area (Å²) < 4.78 is 5.90. The Morgan fingerprint density at radius 1 is 1.20 bits per heavy atom. The lowest BCUT2D eigenvalue weighted by Crippen LogP contribution is -2.15. The van der Waals surface area contributed by atoms with Gasteiger partial charge in [0.05, 0.1) is 12.7 Å². The molecule has 15 heavy (non-hydrogen) atoms. The molecular formula is C14H22O. The van der Waals surface area contributed by atoms with Crippen molar-refractivity contribution in [1.29, 1.82) is 0 Å². The molecule has 0 N–H and O–H groups in total. The molecule has 0 spiro atoms. The van der Waals surface area contributed by atoms with Crippen LogP contribution in [-0.4, -0.2) is 6.10 Å². The van der Waals surface area contributed by atoms with E-state index in [0.717, 1.165) is 12.5 Å². The Bertz CT molecular complexity index is 268. The number of hydrogen-bond donors (Lipinski definition) is 0. The minimum Gasteiger partial charge on any atom is -0.373 e. The predicted molar refractivity (Wildman–Crippen MR) is 64.8 cm³/mol. The predicted octanol–water partition coefficient (Wildman–Crippen LogP) is 4.03. The van der Waals surface area contributed by atoms with E-state index in [0.29, 0.717) is 6.10 Å². The van der Waals surface area contributed by atoms with Gasteiger partial charge in [-0.15, -0.1) is 0 Å². The van der Waals surface area contributed by atoms with Gasteiger partial charge in [0.2, 0.25) is 0 Å². The van der Waals surface area contributed by atoms with Gasteiger partial charge in [-0.1, -0.05) is 51.1 Å². The third kappa shape index (κ3) is 3.35. The average molecular weight is 206 g/mol. The molecule has 0 heterocycles. The molecule has 2 rings (SSSR count). The van der Waals surface area contributed by atoms with Crippen molar-refractivity contribution in [3.05, 3.63) is 35.9 Å². The van der Waals surface area contributed by atoms with Crippen LogP contribution in [0.3, 0.4) is 0 Å². The van der Waals surface area contributed by atoms with E-state index in [4.69, 9.17) is 4.74 Å². The van der Waals surface area contributed by atoms with Gasteiger partial charge in [0.25, 0.3) is 0 Å². The molecule has 1 aromatic carbocycles. The highest BCUT2D eigenvalue weighted by Crippen LogP contribution is 2.28. The summed E-state index contributed by atoms with van der Waals surface area (Å²) in [6.45, 7) is 3.07. The Kier molecular flexibility index (Phi) is 4.83. The molecule has 2 unspecified atom stereocenters. The molecule has 0 amide bonds. The first kappa shape index (κ1) is 12.3. The van der Waals surface area contributed by atoms with Gasteiger partial charge < -0.3 is 4.74 Å². The summed E-state index contributed by atoms with van der Waals surface area (Å²) in [5, 5.41) is 0. The van der Waals surface area contributed by atoms with Crippen molar-refractivity contribution in [3.8, 4) is 0 Å². The van der Waals surface area contributed by atoms with Crippen LogP contribution in [-0.2, 0) is 11.3 Å². The zero-order valence-electron chi connectivity index (χ0n) is 8.78. The number of ether oxygens (including phenoxy) is 1. The molecule has 1 heteroatoms. The van der Waals surface area contributed by atoms with Gasteiger partial charge in [0, 0.05) is 0 Å². The zero-order valence-corrected chi connectivity index (χ0v) is 8.78. The van der Waals surface area contributed by atoms with E-state index in [1.54, 1.807) is 0 Å². The average Bonchev–Trinajstić information content (AvgIpc) is 2.63. The van der Waals surface area contributed by atoms with E-state index >= 15 is 0 Å². The molecule has 84 valence electrons. The largest absolute Gasteiger partial charge is 0.373 e. The lowest BCUT2D eigenvalue weighted by molar-refractivity contribution is 0.0207. The first-order valence-electron chi connectivity index (χ1n) is 5.52. The van der Waals surface area contributed by atoms with Crippen molar-refractivity contribution in [3.63, 3.8) is 0 Å². The minimum absolute atomic E-state index is 0. The summed E-state index contributed by atoms with van der Waals surface area (Å²) >= 11 is 0. The molecule has 1 fully saturated rings. The zero-order chi connectivity index (χ0) is 9.80. The van der Waals surface area contributed by atoms with Crippen LogP contribution < -0.4 is 0 Å². The quantitative estimate of drug-likeness (QED) is 0.725. The van der Waals surface area contributed by atoms with Crippen LogP contribution in [0.5, 0.6) is 0 Å². The fourth-order valence-corrected chi connectivity index (χ4v) is 2.14. The smallest absolute Gasteiger partial charge is 0.0720 e. The van der Waals surface area contributed by atoms with Gasteiger partial charge >= 0.3 is 0 Å². The molecule has 1 aliphatic rings. The normalized spacial score (nSPS) is 24.9. The van der Waals surface area contributed by atoms with Crippen molar-refractivity contribution >= 4 is 0 Å². The summed E-state index contributed by atoms with van der Waals surface area (Å²) in [4.78, 5) is 0. The lowest BCUT2D eigenvalue weighted by Gasteiger charge is -2.16. The lowest BCUT2D eigenvalue weighted by atomic mass is 10.1. The first-order chi connectivity index (χ1) is 6.86. The summed E-state index contributed by atoms with van der Waals surface area (Å²) in [6, 6.07) is 10.4. The molecule has 0 bridgehead atoms. The second-order valence-corrected chi connectivity index (χ2v) is 4.24. The molecule has 0 radical (unpaired) electrons. The summed E-state index contributed by atoms with van der Waals surface area (Å²) in [6.07, 6.45) is 4.41. The van der Waals surface area contributed by atoms with Crippen LogP contribution in [0.4, 0.5) is 0 Å². The van der Waals surface area contributed by atoms with Gasteiger partial charge in [-0.25, -0.2) is 0 Å². The molecule has 2 atom stereocenters. The van der Waals surface area contributed by atoms with Crippen LogP contribution in [0.1, 0.15) is 39.2 Å². The van der Waals surface area contributed by atoms with E-state index in [9.17, 15) is 0 Å². The van der Waals surface area contributed by atoms with Crippen LogP contribution in [0.25, 0.3) is 0 Å². The molecule has 1 saturated carbocycles. The third-order valence-corrected chi connectivity index (χ3v) is 3.09. The van der Waals surface area contributed by atoms with Gasteiger partial charge in [0.15, 0.2) is 0 Å². The monoisotopic (exact) mass is 206 g/mol. The molecule has 0 saturated heterocycles. The topological polar surface area (TPSA) is 9.23 Å². The molecule has 0 aromatic heterocycles. The van der Waals surface area contributed by atoms with Crippen LogP contribution in [0, 0.1) is 5.92 Å². The Morgan fingerprint density at radius 2 is 1.93 bits per heavy atom. The maximum atomic E-state index is 5.90. The molecule has 1 aromatic rings. The van der Waals surface area contributed by atoms with E-state index < -0.39 is 0 Å². The maximum absolute atomic E-state index is 5.90. The number of hydrogen-bond acceptors (Lipinski definition) is 1. The Hall–Kier alpha value is -0.820. The SMILES string of the molecule is C.CC1CCCC1OCc1ccccc1. The second kappa shape index (κ2) is 5.92. The van der Waals surface area contributed by atoms with Crippen molar-refractivity contribution in [2.24, 2.45) is 5.92 Å². The standard InChI is InChI=1S/C13H18O.CH4/c1-11-6-5-9-13(11)14-10-12-7-3-2-4-8-12;/h2-4,7-8,11,13H,5-6,9-10H2,1H3;1H4. The number of benzene rings is 1. The van der Waals surface area contributed by atoms with E-state index in [2.05, 4.69) is 31.2 Å². The van der Waals surface area contributed by atoms with Crippen LogP contribution in [0.15, 0.2) is 30.3 Å². The Morgan fingerprint density at radius 3 is 2.53 bits per heavy atom. The Balaban J connectivity index is 0.00000112. The number of rotatable bonds is 3. The minimum atomic E-state index is 0. The van der Waals surface area contributed by atoms with E-state index in [-0.39, 0.29) is 7.43 Å². The van der Waals surface area contributed by atoms with Gasteiger partial charge in [-0.05, 0) is 24.3 Å². The van der Waals surface area contributed by atoms with Crippen molar-refractivity contribution in [1.82, 2.24) is 0 Å². The summed E-state index contributed by atoms with van der Waals surface area (Å²) in [5.74, 6) is 0.749. The van der Waals surface area contributed by atoms with Gasteiger partial charge in [-0.2, -0.15) is 0 Å². The third-order valence-electron chi connectivity index (χ3n) is 3.09. The van der Waals surface area contributed by atoms with Crippen molar-refractivity contribution < 1.29 is 4.74 Å². The van der Waals surface area contributed by atoms with E-state index in [1.165, 1.54) is 24.8 Å². The fraction of sp³-hybridized carbons (Fsp3) is 0.571.